The third-order valence-corrected chi connectivity index (χ3v) is 1.54. The van der Waals surface area contributed by atoms with Crippen LogP contribution in [0.3, 0.4) is 0 Å². The Hall–Kier alpha value is -1.11. The smallest absolute Gasteiger partial charge is 0.548 e. The number of nitrogens with two attached hydrogens (primary N) is 2. The van der Waals surface area contributed by atoms with Gasteiger partial charge in [0.25, 0.3) is 0 Å². The predicted octanol–water partition coefficient (Wildman–Crippen LogP) is -2.53. The number of nitrogens with one attached hydrogen (secondary N) is 1. The molecule has 1 aromatic heterocycles. The van der Waals surface area contributed by atoms with Gasteiger partial charge in [0.15, 0.2) is 0 Å². The van der Waals surface area contributed by atoms with Gasteiger partial charge in [-0.25, -0.2) is 4.98 Å². The minimum Gasteiger partial charge on any atom is -0.548 e. The average molecular weight is 292 g/mol. The SMILES string of the molecule is NCC[C-]=O.N[C@@H](Cc1cnc[nH]1)C(=O)[O-].[Zn+2]. The molecule has 90 valence electrons. The Morgan fingerprint density at radius 1 is 1.65 bits per heavy atom. The maximum absolute atomic E-state index is 10.2. The molecule has 0 spiro atoms. The zero-order valence-corrected chi connectivity index (χ0v) is 12.4. The van der Waals surface area contributed by atoms with Gasteiger partial charge in [0, 0.05) is 24.4 Å². The summed E-state index contributed by atoms with van der Waals surface area (Å²) in [6.07, 6.45) is 5.23. The number of H-pyrrole nitrogens is 1. The minimum absolute atomic E-state index is 0. The van der Waals surface area contributed by atoms with Crippen molar-refractivity contribution in [2.24, 2.45) is 11.5 Å². The molecule has 0 saturated heterocycles. The number of carbonyl (C=O) groups is 1. The van der Waals surface area contributed by atoms with Crippen molar-refractivity contribution in [2.75, 3.05) is 6.54 Å². The molecule has 0 radical (unpaired) electrons. The van der Waals surface area contributed by atoms with Crippen LogP contribution in [0.25, 0.3) is 0 Å². The maximum Gasteiger partial charge on any atom is 2.00 e. The van der Waals surface area contributed by atoms with Gasteiger partial charge in [0.2, 0.25) is 0 Å². The van der Waals surface area contributed by atoms with Crippen molar-refractivity contribution in [2.45, 2.75) is 18.9 Å². The van der Waals surface area contributed by atoms with E-state index < -0.39 is 12.0 Å². The summed E-state index contributed by atoms with van der Waals surface area (Å²) in [5.74, 6) is -1.25. The summed E-state index contributed by atoms with van der Waals surface area (Å²) in [4.78, 5) is 25.8. The molecule has 1 rings (SSSR count). The van der Waals surface area contributed by atoms with E-state index in [2.05, 4.69) is 9.97 Å². The van der Waals surface area contributed by atoms with E-state index in [0.717, 1.165) is 0 Å². The number of aliphatic carboxylic acids is 1. The molecular formula is C9H14N4O3Zn. The van der Waals surface area contributed by atoms with E-state index in [4.69, 9.17) is 11.5 Å². The van der Waals surface area contributed by atoms with Gasteiger partial charge in [0.1, 0.15) is 0 Å². The molecule has 0 aliphatic rings. The Kier molecular flexibility index (Phi) is 12.2. The number of carboxylic acid groups (broad SMARTS) is 1. The second-order valence-corrected chi connectivity index (χ2v) is 2.89. The zero-order chi connectivity index (χ0) is 12.4. The summed E-state index contributed by atoms with van der Waals surface area (Å²) in [5.41, 5.74) is 10.8. The van der Waals surface area contributed by atoms with Crippen LogP contribution in [0.2, 0.25) is 0 Å². The summed E-state index contributed by atoms with van der Waals surface area (Å²) in [7, 11) is 0. The first-order chi connectivity index (χ1) is 7.61. The summed E-state index contributed by atoms with van der Waals surface area (Å²) >= 11 is 0. The fraction of sp³-hybridized carbons (Fsp3) is 0.444. The third kappa shape index (κ3) is 9.80. The number of hydrogen-bond donors (Lipinski definition) is 3. The van der Waals surface area contributed by atoms with E-state index in [9.17, 15) is 14.7 Å². The second-order valence-electron chi connectivity index (χ2n) is 2.89. The first-order valence-corrected chi connectivity index (χ1v) is 4.60. The molecule has 0 saturated carbocycles. The number of nitrogens with zero attached hydrogens (tertiary/aromatic N) is 1. The molecule has 8 heteroatoms. The van der Waals surface area contributed by atoms with Crippen LogP contribution >= 0.6 is 0 Å². The van der Waals surface area contributed by atoms with Gasteiger partial charge in [-0.3, -0.25) is 6.29 Å². The molecule has 0 amide bonds. The summed E-state index contributed by atoms with van der Waals surface area (Å²) in [5, 5.41) is 10.2. The fourth-order valence-electron chi connectivity index (χ4n) is 0.775. The molecule has 0 bridgehead atoms. The first-order valence-electron chi connectivity index (χ1n) is 4.60. The van der Waals surface area contributed by atoms with E-state index >= 15 is 0 Å². The molecule has 17 heavy (non-hydrogen) atoms. The van der Waals surface area contributed by atoms with E-state index in [1.165, 1.54) is 12.5 Å². The summed E-state index contributed by atoms with van der Waals surface area (Å²) in [6.45, 7) is 0.420. The molecule has 0 aliphatic carbocycles. The van der Waals surface area contributed by atoms with Crippen molar-refractivity contribution >= 4 is 12.3 Å². The molecule has 0 unspecified atom stereocenters. The average Bonchev–Trinajstić information content (AvgIpc) is 2.72. The minimum atomic E-state index is -1.25. The topological polar surface area (TPSA) is 138 Å². The number of carbonyl (C=O) groups excluding carboxylic acids is 2. The molecule has 0 aliphatic heterocycles. The van der Waals surface area contributed by atoms with Gasteiger partial charge in [-0.15, -0.1) is 6.42 Å². The van der Waals surface area contributed by atoms with Crippen LogP contribution in [-0.4, -0.2) is 34.8 Å². The number of hydrogen-bond acceptors (Lipinski definition) is 6. The molecule has 1 aromatic rings. The first kappa shape index (κ1) is 18.3. The van der Waals surface area contributed by atoms with Gasteiger partial charge in [-0.1, -0.05) is 0 Å². The van der Waals surface area contributed by atoms with Crippen molar-refractivity contribution in [1.29, 1.82) is 0 Å². The van der Waals surface area contributed by atoms with Crippen molar-refractivity contribution in [1.82, 2.24) is 9.97 Å². The van der Waals surface area contributed by atoms with Crippen LogP contribution < -0.4 is 16.6 Å². The number of aromatic amines is 1. The van der Waals surface area contributed by atoms with E-state index in [1.54, 1.807) is 6.29 Å². The van der Waals surface area contributed by atoms with Crippen molar-refractivity contribution in [3.05, 3.63) is 18.2 Å². The Morgan fingerprint density at radius 3 is 2.59 bits per heavy atom. The fourth-order valence-corrected chi connectivity index (χ4v) is 0.775. The molecular weight excluding hydrogens is 278 g/mol. The van der Waals surface area contributed by atoms with E-state index in [1.807, 2.05) is 0 Å². The van der Waals surface area contributed by atoms with Gasteiger partial charge in [-0.2, -0.15) is 0 Å². The van der Waals surface area contributed by atoms with Gasteiger partial charge in [-0.05, 0) is 6.54 Å². The second kappa shape index (κ2) is 11.4. The van der Waals surface area contributed by atoms with Crippen LogP contribution in [0.1, 0.15) is 12.1 Å². The molecule has 1 heterocycles. The van der Waals surface area contributed by atoms with E-state index in [0.29, 0.717) is 18.7 Å². The third-order valence-electron chi connectivity index (χ3n) is 1.54. The van der Waals surface area contributed by atoms with Crippen LogP contribution in [0, 0.1) is 0 Å². The number of rotatable bonds is 5. The van der Waals surface area contributed by atoms with Crippen molar-refractivity contribution in [3.8, 4) is 0 Å². The summed E-state index contributed by atoms with van der Waals surface area (Å²) in [6, 6.07) is -0.963. The molecule has 1 atom stereocenters. The molecule has 5 N–H and O–H groups in total. The largest absolute Gasteiger partial charge is 2.00 e. The quantitative estimate of drug-likeness (QED) is 0.404. The van der Waals surface area contributed by atoms with Crippen molar-refractivity contribution in [3.63, 3.8) is 0 Å². The Labute approximate surface area is 112 Å². The predicted molar refractivity (Wildman–Crippen MR) is 54.6 cm³/mol. The van der Waals surface area contributed by atoms with Crippen LogP contribution in [0.5, 0.6) is 0 Å². The monoisotopic (exact) mass is 290 g/mol. The van der Waals surface area contributed by atoms with Gasteiger partial charge < -0.3 is 31.1 Å². The number of imidazole rings is 1. The van der Waals surface area contributed by atoms with Gasteiger partial charge >= 0.3 is 19.5 Å². The zero-order valence-electron chi connectivity index (χ0n) is 9.39. The Morgan fingerprint density at radius 2 is 2.29 bits per heavy atom. The molecule has 0 fully saturated rings. The number of aromatic nitrogens is 2. The van der Waals surface area contributed by atoms with Crippen LogP contribution in [0.15, 0.2) is 12.5 Å². The maximum atomic E-state index is 10.2. The van der Waals surface area contributed by atoms with E-state index in [-0.39, 0.29) is 25.9 Å². The summed E-state index contributed by atoms with van der Waals surface area (Å²) < 4.78 is 0. The van der Waals surface area contributed by atoms with Crippen LogP contribution in [0.4, 0.5) is 0 Å². The standard InChI is InChI=1S/C6H9N3O2.C3H6NO.Zn/c7-5(6(10)11)1-4-2-8-3-9-4;4-2-1-3-5;/h2-3,5H,1,7H2,(H,8,9)(H,10,11);1-2,4H2;/q;-1;+2/p-1/t5-;;/m0../s1. The molecule has 7 nitrogen and oxygen atoms in total. The Bertz CT molecular complexity index is 305. The van der Waals surface area contributed by atoms with Crippen molar-refractivity contribution < 1.29 is 34.2 Å². The van der Waals surface area contributed by atoms with Crippen LogP contribution in [-0.2, 0) is 35.5 Å². The normalized spacial score (nSPS) is 10.5. The number of carboxylic acids is 1. The van der Waals surface area contributed by atoms with Gasteiger partial charge in [0.05, 0.1) is 12.3 Å². The molecule has 0 aromatic carbocycles. The Balaban J connectivity index is 0.